The van der Waals surface area contributed by atoms with Gasteiger partial charge in [0.25, 0.3) is 0 Å². The first kappa shape index (κ1) is 20.2. The Morgan fingerprint density at radius 1 is 1.18 bits per heavy atom. The van der Waals surface area contributed by atoms with Gasteiger partial charge in [-0.25, -0.2) is 9.59 Å². The lowest BCUT2D eigenvalue weighted by molar-refractivity contribution is 0.0145. The predicted molar refractivity (Wildman–Crippen MR) is 110 cm³/mol. The maximum atomic E-state index is 12.1. The summed E-state index contributed by atoms with van der Waals surface area (Å²) in [6.07, 6.45) is 0.713. The van der Waals surface area contributed by atoms with Crippen LogP contribution in [0.4, 0.5) is 10.5 Å². The SMILES string of the molecule is CC(C)(C)OC(=O)N1CCN(CCCNc2cc(=O)oc3ccccc23)CC1. The quantitative estimate of drug-likeness (QED) is 0.627. The number of hydrogen-bond acceptors (Lipinski definition) is 6. The minimum atomic E-state index is -0.460. The Morgan fingerprint density at radius 3 is 2.61 bits per heavy atom. The van der Waals surface area contributed by atoms with Gasteiger partial charge in [0.1, 0.15) is 11.2 Å². The molecule has 0 radical (unpaired) electrons. The van der Waals surface area contributed by atoms with Gasteiger partial charge in [-0.15, -0.1) is 0 Å². The average Bonchev–Trinajstić information content (AvgIpc) is 2.64. The molecule has 152 valence electrons. The van der Waals surface area contributed by atoms with Gasteiger partial charge in [0.15, 0.2) is 0 Å². The lowest BCUT2D eigenvalue weighted by Crippen LogP contribution is -2.50. The van der Waals surface area contributed by atoms with E-state index >= 15 is 0 Å². The number of nitrogens with one attached hydrogen (secondary N) is 1. The molecular weight excluding hydrogens is 358 g/mol. The highest BCUT2D eigenvalue weighted by Gasteiger charge is 2.25. The molecule has 28 heavy (non-hydrogen) atoms. The summed E-state index contributed by atoms with van der Waals surface area (Å²) in [4.78, 5) is 27.9. The van der Waals surface area contributed by atoms with Crippen molar-refractivity contribution in [1.82, 2.24) is 9.80 Å². The third-order valence-corrected chi connectivity index (χ3v) is 4.64. The second-order valence-electron chi connectivity index (χ2n) is 8.06. The zero-order valence-electron chi connectivity index (χ0n) is 16.9. The van der Waals surface area contributed by atoms with Crippen molar-refractivity contribution < 1.29 is 13.9 Å². The highest BCUT2D eigenvalue weighted by molar-refractivity contribution is 5.89. The predicted octanol–water partition coefficient (Wildman–Crippen LogP) is 3.15. The molecule has 3 rings (SSSR count). The lowest BCUT2D eigenvalue weighted by atomic mass is 10.2. The number of benzene rings is 1. The summed E-state index contributed by atoms with van der Waals surface area (Å²) >= 11 is 0. The molecule has 0 bridgehead atoms. The van der Waals surface area contributed by atoms with Crippen molar-refractivity contribution in [2.75, 3.05) is 44.6 Å². The average molecular weight is 387 g/mol. The molecule has 0 saturated carbocycles. The third kappa shape index (κ3) is 5.48. The van der Waals surface area contributed by atoms with Crippen LogP contribution >= 0.6 is 0 Å². The number of carbonyl (C=O) groups is 1. The van der Waals surface area contributed by atoms with E-state index in [4.69, 9.17) is 9.15 Å². The number of para-hydroxylation sites is 1. The van der Waals surface area contributed by atoms with Crippen molar-refractivity contribution in [2.24, 2.45) is 0 Å². The molecule has 1 saturated heterocycles. The molecule has 0 unspecified atom stereocenters. The van der Waals surface area contributed by atoms with Crippen LogP contribution in [0.3, 0.4) is 0 Å². The van der Waals surface area contributed by atoms with Gasteiger partial charge in [-0.3, -0.25) is 4.90 Å². The molecule has 0 spiro atoms. The smallest absolute Gasteiger partial charge is 0.410 e. The Balaban J connectivity index is 1.43. The molecule has 1 aromatic carbocycles. The van der Waals surface area contributed by atoms with E-state index in [-0.39, 0.29) is 11.7 Å². The first-order valence-electron chi connectivity index (χ1n) is 9.79. The van der Waals surface area contributed by atoms with E-state index in [0.29, 0.717) is 18.7 Å². The van der Waals surface area contributed by atoms with E-state index in [1.807, 2.05) is 39.0 Å². The molecule has 2 aromatic rings. The number of anilines is 1. The highest BCUT2D eigenvalue weighted by Crippen LogP contribution is 2.20. The first-order chi connectivity index (χ1) is 13.3. The zero-order valence-corrected chi connectivity index (χ0v) is 16.9. The maximum absolute atomic E-state index is 12.1. The Hall–Kier alpha value is -2.54. The van der Waals surface area contributed by atoms with Crippen LogP contribution in [0.15, 0.2) is 39.5 Å². The molecule has 7 nitrogen and oxygen atoms in total. The Bertz CT molecular complexity index is 864. The second kappa shape index (κ2) is 8.65. The van der Waals surface area contributed by atoms with Crippen molar-refractivity contribution in [2.45, 2.75) is 32.8 Å². The number of amides is 1. The normalized spacial score (nSPS) is 15.6. The molecule has 1 fully saturated rings. The molecule has 1 aromatic heterocycles. The van der Waals surface area contributed by atoms with Gasteiger partial charge in [-0.2, -0.15) is 0 Å². The van der Waals surface area contributed by atoms with E-state index in [1.165, 1.54) is 6.07 Å². The Labute approximate surface area is 165 Å². The standard InChI is InChI=1S/C21H29N3O4/c1-21(2,3)28-20(26)24-13-11-23(12-14-24)10-6-9-22-17-15-19(25)27-18-8-5-4-7-16(17)18/h4-5,7-8,15,22H,6,9-14H2,1-3H3. The van der Waals surface area contributed by atoms with E-state index in [2.05, 4.69) is 10.2 Å². The monoisotopic (exact) mass is 387 g/mol. The fourth-order valence-corrected chi connectivity index (χ4v) is 3.26. The summed E-state index contributed by atoms with van der Waals surface area (Å²) in [6, 6.07) is 9.02. The fourth-order valence-electron chi connectivity index (χ4n) is 3.26. The van der Waals surface area contributed by atoms with Crippen molar-refractivity contribution in [1.29, 1.82) is 0 Å². The molecule has 2 heterocycles. The second-order valence-corrected chi connectivity index (χ2v) is 8.06. The van der Waals surface area contributed by atoms with Crippen LogP contribution < -0.4 is 10.9 Å². The Kier molecular flexibility index (Phi) is 6.24. The van der Waals surface area contributed by atoms with Crippen molar-refractivity contribution in [3.05, 3.63) is 40.8 Å². The minimum Gasteiger partial charge on any atom is -0.444 e. The lowest BCUT2D eigenvalue weighted by Gasteiger charge is -2.35. The number of nitrogens with zero attached hydrogens (tertiary/aromatic N) is 2. The van der Waals surface area contributed by atoms with Gasteiger partial charge in [-0.1, -0.05) is 12.1 Å². The molecule has 1 amide bonds. The van der Waals surface area contributed by atoms with E-state index < -0.39 is 5.60 Å². The fraction of sp³-hybridized carbons (Fsp3) is 0.524. The van der Waals surface area contributed by atoms with Crippen LogP contribution in [-0.4, -0.2) is 60.8 Å². The van der Waals surface area contributed by atoms with E-state index in [0.717, 1.165) is 43.7 Å². The summed E-state index contributed by atoms with van der Waals surface area (Å²) in [6.45, 7) is 10.4. The van der Waals surface area contributed by atoms with Gasteiger partial charge in [0.05, 0.1) is 5.69 Å². The van der Waals surface area contributed by atoms with Gasteiger partial charge < -0.3 is 19.4 Å². The van der Waals surface area contributed by atoms with Crippen LogP contribution in [0.2, 0.25) is 0 Å². The minimum absolute atomic E-state index is 0.233. The molecule has 0 aliphatic carbocycles. The van der Waals surface area contributed by atoms with Crippen LogP contribution in [0.25, 0.3) is 11.0 Å². The molecule has 7 heteroatoms. The topological polar surface area (TPSA) is 75.0 Å². The molecule has 1 aliphatic rings. The zero-order chi connectivity index (χ0) is 20.1. The number of ether oxygens (including phenoxy) is 1. The Morgan fingerprint density at radius 2 is 1.89 bits per heavy atom. The maximum Gasteiger partial charge on any atom is 0.410 e. The number of rotatable bonds is 5. The van der Waals surface area contributed by atoms with Gasteiger partial charge in [0, 0.05) is 44.2 Å². The molecule has 0 atom stereocenters. The first-order valence-corrected chi connectivity index (χ1v) is 9.79. The summed E-state index contributed by atoms with van der Waals surface area (Å²) in [5, 5.41) is 4.26. The summed E-state index contributed by atoms with van der Waals surface area (Å²) < 4.78 is 10.6. The van der Waals surface area contributed by atoms with Crippen molar-refractivity contribution in [3.8, 4) is 0 Å². The number of carbonyl (C=O) groups excluding carboxylic acids is 1. The third-order valence-electron chi connectivity index (χ3n) is 4.64. The van der Waals surface area contributed by atoms with Crippen LogP contribution in [0.5, 0.6) is 0 Å². The van der Waals surface area contributed by atoms with Gasteiger partial charge in [0.2, 0.25) is 0 Å². The van der Waals surface area contributed by atoms with Crippen LogP contribution in [0, 0.1) is 0 Å². The number of piperazine rings is 1. The van der Waals surface area contributed by atoms with E-state index in [1.54, 1.807) is 11.0 Å². The summed E-state index contributed by atoms with van der Waals surface area (Å²) in [5.41, 5.74) is 0.593. The summed E-state index contributed by atoms with van der Waals surface area (Å²) in [7, 11) is 0. The largest absolute Gasteiger partial charge is 0.444 e. The van der Waals surface area contributed by atoms with Gasteiger partial charge in [-0.05, 0) is 45.9 Å². The number of fused-ring (bicyclic) bond motifs is 1. The van der Waals surface area contributed by atoms with Crippen LogP contribution in [-0.2, 0) is 4.74 Å². The molecule has 1 N–H and O–H groups in total. The van der Waals surface area contributed by atoms with Crippen molar-refractivity contribution in [3.63, 3.8) is 0 Å². The molecular formula is C21H29N3O4. The van der Waals surface area contributed by atoms with Gasteiger partial charge >= 0.3 is 11.7 Å². The summed E-state index contributed by atoms with van der Waals surface area (Å²) in [5.74, 6) is 0. The molecule has 1 aliphatic heterocycles. The van der Waals surface area contributed by atoms with E-state index in [9.17, 15) is 9.59 Å². The van der Waals surface area contributed by atoms with Crippen LogP contribution in [0.1, 0.15) is 27.2 Å². The van der Waals surface area contributed by atoms with Crippen molar-refractivity contribution >= 4 is 22.7 Å². The highest BCUT2D eigenvalue weighted by atomic mass is 16.6. The number of hydrogen-bond donors (Lipinski definition) is 1.